The fourth-order valence-corrected chi connectivity index (χ4v) is 1.79. The predicted octanol–water partition coefficient (Wildman–Crippen LogP) is 1.18. The van der Waals surface area contributed by atoms with Crippen LogP contribution in [0.3, 0.4) is 0 Å². The maximum absolute atomic E-state index is 11.7. The second-order valence-corrected chi connectivity index (χ2v) is 3.46. The Bertz CT molecular complexity index is 727. The van der Waals surface area contributed by atoms with Gasteiger partial charge < -0.3 is 9.72 Å². The first-order chi connectivity index (χ1) is 7.79. The molecule has 0 bridgehead atoms. The molecular formula is C11H9N3O2. The summed E-state index contributed by atoms with van der Waals surface area (Å²) in [6.45, 7) is 0. The minimum absolute atomic E-state index is 0.267. The van der Waals surface area contributed by atoms with Crippen molar-refractivity contribution < 1.29 is 4.74 Å². The van der Waals surface area contributed by atoms with Crippen LogP contribution in [0.1, 0.15) is 0 Å². The highest BCUT2D eigenvalue weighted by Gasteiger charge is 2.08. The van der Waals surface area contributed by atoms with E-state index in [1.807, 2.05) is 24.3 Å². The first-order valence-corrected chi connectivity index (χ1v) is 4.84. The van der Waals surface area contributed by atoms with Crippen molar-refractivity contribution in [1.29, 1.82) is 0 Å². The third-order valence-electron chi connectivity index (χ3n) is 2.53. The molecule has 2 heterocycles. The van der Waals surface area contributed by atoms with Gasteiger partial charge in [0.25, 0.3) is 0 Å². The normalized spacial score (nSPS) is 11.1. The zero-order chi connectivity index (χ0) is 11.1. The van der Waals surface area contributed by atoms with Crippen LogP contribution in [-0.4, -0.2) is 21.7 Å². The summed E-state index contributed by atoms with van der Waals surface area (Å²) >= 11 is 0. The molecule has 80 valence electrons. The van der Waals surface area contributed by atoms with Crippen molar-refractivity contribution in [2.45, 2.75) is 0 Å². The predicted molar refractivity (Wildman–Crippen MR) is 59.9 cm³/mol. The monoisotopic (exact) mass is 215 g/mol. The molecule has 0 saturated carbocycles. The maximum Gasteiger partial charge on any atom is 0.347 e. The van der Waals surface area contributed by atoms with Crippen LogP contribution >= 0.6 is 0 Å². The molecule has 0 aliphatic carbocycles. The van der Waals surface area contributed by atoms with Crippen LogP contribution in [0.2, 0.25) is 0 Å². The van der Waals surface area contributed by atoms with E-state index in [-0.39, 0.29) is 5.69 Å². The molecule has 3 rings (SSSR count). The fourth-order valence-electron chi connectivity index (χ4n) is 1.79. The lowest BCUT2D eigenvalue weighted by molar-refractivity contribution is 0.394. The van der Waals surface area contributed by atoms with Crippen molar-refractivity contribution in [3.05, 3.63) is 40.8 Å². The molecule has 0 aliphatic heterocycles. The first kappa shape index (κ1) is 8.96. The van der Waals surface area contributed by atoms with Gasteiger partial charge >= 0.3 is 5.69 Å². The van der Waals surface area contributed by atoms with Gasteiger partial charge in [0, 0.05) is 11.5 Å². The van der Waals surface area contributed by atoms with Crippen LogP contribution in [0.4, 0.5) is 0 Å². The number of methoxy groups -OCH3 is 1. The van der Waals surface area contributed by atoms with Gasteiger partial charge in [-0.05, 0) is 6.07 Å². The van der Waals surface area contributed by atoms with E-state index < -0.39 is 0 Å². The molecule has 16 heavy (non-hydrogen) atoms. The van der Waals surface area contributed by atoms with Crippen LogP contribution < -0.4 is 10.4 Å². The standard InChI is InChI=1S/C11H9N3O2/c1-16-10-6-9-7-4-2-3-5-8(7)12-11(15)14(9)13-10/h2-6H,1H3,(H,12,15). The van der Waals surface area contributed by atoms with Gasteiger partial charge in [0.2, 0.25) is 5.88 Å². The van der Waals surface area contributed by atoms with E-state index in [0.717, 1.165) is 16.4 Å². The lowest BCUT2D eigenvalue weighted by Gasteiger charge is -1.98. The molecule has 2 aromatic heterocycles. The van der Waals surface area contributed by atoms with Gasteiger partial charge in [0.15, 0.2) is 0 Å². The summed E-state index contributed by atoms with van der Waals surface area (Å²) in [5.41, 5.74) is 1.27. The van der Waals surface area contributed by atoms with E-state index >= 15 is 0 Å². The number of para-hydroxylation sites is 1. The van der Waals surface area contributed by atoms with Gasteiger partial charge in [0.1, 0.15) is 0 Å². The number of nitrogens with zero attached hydrogens (tertiary/aromatic N) is 2. The van der Waals surface area contributed by atoms with Crippen molar-refractivity contribution in [2.75, 3.05) is 7.11 Å². The largest absolute Gasteiger partial charge is 0.480 e. The minimum Gasteiger partial charge on any atom is -0.480 e. The summed E-state index contributed by atoms with van der Waals surface area (Å²) in [7, 11) is 1.53. The number of hydrogen-bond acceptors (Lipinski definition) is 3. The Hall–Kier alpha value is -2.30. The summed E-state index contributed by atoms with van der Waals surface area (Å²) in [4.78, 5) is 14.5. The van der Waals surface area contributed by atoms with Crippen molar-refractivity contribution in [2.24, 2.45) is 0 Å². The van der Waals surface area contributed by atoms with Gasteiger partial charge in [-0.3, -0.25) is 0 Å². The summed E-state index contributed by atoms with van der Waals surface area (Å²) in [5, 5.41) is 4.97. The van der Waals surface area contributed by atoms with E-state index in [2.05, 4.69) is 10.1 Å². The highest BCUT2D eigenvalue weighted by Crippen LogP contribution is 2.19. The topological polar surface area (TPSA) is 59.4 Å². The van der Waals surface area contributed by atoms with Crippen LogP contribution in [0.5, 0.6) is 5.88 Å². The Kier molecular flexibility index (Phi) is 1.73. The number of hydrogen-bond donors (Lipinski definition) is 1. The SMILES string of the molecule is COc1cc2c3ccccc3[nH]c(=O)n2n1. The molecule has 1 aromatic carbocycles. The van der Waals surface area contributed by atoms with Crippen molar-refractivity contribution in [3.8, 4) is 5.88 Å². The Morgan fingerprint density at radius 3 is 3.00 bits per heavy atom. The summed E-state index contributed by atoms with van der Waals surface area (Å²) in [6.07, 6.45) is 0. The molecule has 0 fully saturated rings. The molecule has 0 saturated heterocycles. The maximum atomic E-state index is 11.7. The minimum atomic E-state index is -0.267. The highest BCUT2D eigenvalue weighted by molar-refractivity contribution is 5.93. The number of ether oxygens (including phenoxy) is 1. The number of H-pyrrole nitrogens is 1. The lowest BCUT2D eigenvalue weighted by Crippen LogP contribution is -2.17. The van der Waals surface area contributed by atoms with Gasteiger partial charge in [-0.2, -0.15) is 4.52 Å². The summed E-state index contributed by atoms with van der Waals surface area (Å²) < 4.78 is 6.33. The van der Waals surface area contributed by atoms with Crippen LogP contribution in [0.25, 0.3) is 16.4 Å². The van der Waals surface area contributed by atoms with Crippen LogP contribution in [0.15, 0.2) is 35.1 Å². The van der Waals surface area contributed by atoms with Crippen molar-refractivity contribution in [1.82, 2.24) is 14.6 Å². The van der Waals surface area contributed by atoms with Crippen LogP contribution in [0, 0.1) is 0 Å². The molecule has 0 amide bonds. The Morgan fingerprint density at radius 2 is 2.19 bits per heavy atom. The molecule has 0 aliphatic rings. The number of rotatable bonds is 1. The smallest absolute Gasteiger partial charge is 0.347 e. The number of nitrogens with one attached hydrogen (secondary N) is 1. The Labute approximate surface area is 90.3 Å². The first-order valence-electron chi connectivity index (χ1n) is 4.84. The number of benzene rings is 1. The number of aromatic nitrogens is 3. The van der Waals surface area contributed by atoms with Gasteiger partial charge in [0.05, 0.1) is 18.1 Å². The molecule has 0 spiro atoms. The van der Waals surface area contributed by atoms with Crippen LogP contribution in [-0.2, 0) is 0 Å². The van der Waals surface area contributed by atoms with Gasteiger partial charge in [-0.25, -0.2) is 4.79 Å². The van der Waals surface area contributed by atoms with Gasteiger partial charge in [-0.15, -0.1) is 5.10 Å². The molecule has 0 unspecified atom stereocenters. The van der Waals surface area contributed by atoms with E-state index in [0.29, 0.717) is 5.88 Å². The zero-order valence-electron chi connectivity index (χ0n) is 8.60. The molecule has 5 heteroatoms. The van der Waals surface area contributed by atoms with E-state index in [9.17, 15) is 4.79 Å². The van der Waals surface area contributed by atoms with E-state index in [1.165, 1.54) is 11.6 Å². The van der Waals surface area contributed by atoms with Crippen molar-refractivity contribution in [3.63, 3.8) is 0 Å². The zero-order valence-corrected chi connectivity index (χ0v) is 8.60. The average Bonchev–Trinajstić information content (AvgIpc) is 2.74. The quantitative estimate of drug-likeness (QED) is 0.663. The third-order valence-corrected chi connectivity index (χ3v) is 2.53. The Morgan fingerprint density at radius 1 is 1.38 bits per heavy atom. The highest BCUT2D eigenvalue weighted by atomic mass is 16.5. The number of aromatic amines is 1. The Balaban J connectivity index is 2.57. The molecule has 3 aromatic rings. The third kappa shape index (κ3) is 1.11. The molecule has 0 atom stereocenters. The molecule has 0 radical (unpaired) electrons. The summed E-state index contributed by atoms with van der Waals surface area (Å²) in [5.74, 6) is 0.432. The second-order valence-electron chi connectivity index (χ2n) is 3.46. The lowest BCUT2D eigenvalue weighted by atomic mass is 10.2. The molecule has 1 N–H and O–H groups in total. The summed E-state index contributed by atoms with van der Waals surface area (Å²) in [6, 6.07) is 9.33. The average molecular weight is 215 g/mol. The van der Waals surface area contributed by atoms with Crippen molar-refractivity contribution >= 4 is 16.4 Å². The van der Waals surface area contributed by atoms with E-state index in [4.69, 9.17) is 4.74 Å². The fraction of sp³-hybridized carbons (Fsp3) is 0.0909. The van der Waals surface area contributed by atoms with Gasteiger partial charge in [-0.1, -0.05) is 18.2 Å². The second kappa shape index (κ2) is 3.10. The van der Waals surface area contributed by atoms with E-state index in [1.54, 1.807) is 6.07 Å². The molecule has 5 nitrogen and oxygen atoms in total. The number of fused-ring (bicyclic) bond motifs is 3. The molecular weight excluding hydrogens is 206 g/mol.